The molecule has 8 nitrogen and oxygen atoms in total. The van der Waals surface area contributed by atoms with Crippen LogP contribution in [0, 0.1) is 10.1 Å². The number of ether oxygens (including phenoxy) is 1. The quantitative estimate of drug-likeness (QED) is 0.459. The van der Waals surface area contributed by atoms with Crippen molar-refractivity contribution in [1.29, 1.82) is 0 Å². The molecule has 1 N–H and O–H groups in total. The Morgan fingerprint density at radius 2 is 2.18 bits per heavy atom. The second-order valence-electron chi connectivity index (χ2n) is 3.02. The van der Waals surface area contributed by atoms with Crippen molar-refractivity contribution in [1.82, 2.24) is 4.98 Å². The van der Waals surface area contributed by atoms with Crippen LogP contribution in [0.2, 0.25) is 0 Å². The van der Waals surface area contributed by atoms with Crippen LogP contribution in [0.4, 0.5) is 5.69 Å². The van der Waals surface area contributed by atoms with Gasteiger partial charge in [-0.15, -0.1) is 0 Å². The maximum atomic E-state index is 11.2. The number of aromatic nitrogens is 1. The number of hydrogen-bond acceptors (Lipinski definition) is 6. The van der Waals surface area contributed by atoms with Crippen molar-refractivity contribution in [3.8, 4) is 0 Å². The molecule has 8 heteroatoms. The van der Waals surface area contributed by atoms with E-state index in [2.05, 4.69) is 9.72 Å². The van der Waals surface area contributed by atoms with Crippen molar-refractivity contribution in [2.24, 2.45) is 0 Å². The summed E-state index contributed by atoms with van der Waals surface area (Å²) in [7, 11) is 1.10. The second kappa shape index (κ2) is 5.01. The van der Waals surface area contributed by atoms with Crippen LogP contribution in [0.25, 0.3) is 0 Å². The Morgan fingerprint density at radius 1 is 1.53 bits per heavy atom. The summed E-state index contributed by atoms with van der Waals surface area (Å²) in [6.07, 6.45) is -0.508. The number of carbonyl (C=O) groups is 2. The standard InChI is InChI=1S/C9H8N2O6/c1-17-9(14)7-4-6(11(15)16)2-5(10-7)3-8(12)13/h2,4H,3H2,1H3,(H,12,13). The van der Waals surface area contributed by atoms with Crippen LogP contribution in [-0.2, 0) is 16.0 Å². The summed E-state index contributed by atoms with van der Waals surface area (Å²) in [6, 6.07) is 1.93. The van der Waals surface area contributed by atoms with E-state index in [4.69, 9.17) is 5.11 Å². The highest BCUT2D eigenvalue weighted by atomic mass is 16.6. The molecule has 0 unspecified atom stereocenters. The van der Waals surface area contributed by atoms with Gasteiger partial charge in [0.05, 0.1) is 24.1 Å². The molecule has 90 valence electrons. The molecule has 17 heavy (non-hydrogen) atoms. The normalized spacial score (nSPS) is 9.71. The van der Waals surface area contributed by atoms with E-state index in [-0.39, 0.29) is 11.4 Å². The van der Waals surface area contributed by atoms with Gasteiger partial charge in [-0.1, -0.05) is 0 Å². The highest BCUT2D eigenvalue weighted by molar-refractivity contribution is 5.88. The average molecular weight is 240 g/mol. The third-order valence-corrected chi connectivity index (χ3v) is 1.80. The predicted octanol–water partition coefficient (Wildman–Crippen LogP) is 0.403. The minimum atomic E-state index is -1.20. The summed E-state index contributed by atoms with van der Waals surface area (Å²) in [5, 5.41) is 19.1. The van der Waals surface area contributed by atoms with Crippen LogP contribution in [0.1, 0.15) is 16.2 Å². The van der Waals surface area contributed by atoms with Crippen LogP contribution >= 0.6 is 0 Å². The SMILES string of the molecule is COC(=O)c1cc([N+](=O)[O-])cc(CC(=O)O)n1. The number of aliphatic carboxylic acids is 1. The Bertz CT molecular complexity index is 484. The molecule has 0 bridgehead atoms. The first kappa shape index (κ1) is 12.6. The lowest BCUT2D eigenvalue weighted by atomic mass is 10.2. The first-order chi connectivity index (χ1) is 7.93. The fraction of sp³-hybridized carbons (Fsp3) is 0.222. The fourth-order valence-corrected chi connectivity index (χ4v) is 1.13. The summed E-state index contributed by atoms with van der Waals surface area (Å²) in [6.45, 7) is 0. The number of carbonyl (C=O) groups excluding carboxylic acids is 1. The minimum absolute atomic E-state index is 0.0768. The highest BCUT2D eigenvalue weighted by Gasteiger charge is 2.17. The van der Waals surface area contributed by atoms with Gasteiger partial charge in [-0.25, -0.2) is 9.78 Å². The van der Waals surface area contributed by atoms with Crippen LogP contribution in [0.15, 0.2) is 12.1 Å². The van der Waals surface area contributed by atoms with Gasteiger partial charge in [0.1, 0.15) is 0 Å². The van der Waals surface area contributed by atoms with Gasteiger partial charge in [-0.3, -0.25) is 14.9 Å². The first-order valence-corrected chi connectivity index (χ1v) is 4.39. The third-order valence-electron chi connectivity index (χ3n) is 1.80. The molecule has 1 rings (SSSR count). The molecule has 1 aromatic rings. The molecular formula is C9H8N2O6. The van der Waals surface area contributed by atoms with E-state index in [0.29, 0.717) is 0 Å². The van der Waals surface area contributed by atoms with Gasteiger partial charge in [-0.05, 0) is 0 Å². The van der Waals surface area contributed by atoms with Gasteiger partial charge in [0, 0.05) is 12.1 Å². The Kier molecular flexibility index (Phi) is 3.70. The number of hydrogen-bond donors (Lipinski definition) is 1. The van der Waals surface area contributed by atoms with Crippen molar-refractivity contribution in [3.63, 3.8) is 0 Å². The third kappa shape index (κ3) is 3.23. The molecule has 0 aliphatic heterocycles. The van der Waals surface area contributed by atoms with E-state index in [0.717, 1.165) is 19.2 Å². The maximum Gasteiger partial charge on any atom is 0.356 e. The largest absolute Gasteiger partial charge is 0.481 e. The Labute approximate surface area is 95.0 Å². The fourth-order valence-electron chi connectivity index (χ4n) is 1.13. The van der Waals surface area contributed by atoms with Crippen molar-refractivity contribution in [2.75, 3.05) is 7.11 Å². The van der Waals surface area contributed by atoms with Crippen LogP contribution in [-0.4, -0.2) is 34.1 Å². The molecule has 0 aromatic carbocycles. The Balaban J connectivity index is 3.23. The van der Waals surface area contributed by atoms with Crippen LogP contribution in [0.5, 0.6) is 0 Å². The Morgan fingerprint density at radius 3 is 2.65 bits per heavy atom. The molecule has 0 fully saturated rings. The Hall–Kier alpha value is -2.51. The number of nitrogens with zero attached hydrogens (tertiary/aromatic N) is 2. The number of rotatable bonds is 4. The van der Waals surface area contributed by atoms with Gasteiger partial charge in [-0.2, -0.15) is 0 Å². The molecule has 1 heterocycles. The lowest BCUT2D eigenvalue weighted by Gasteiger charge is -2.01. The lowest BCUT2D eigenvalue weighted by molar-refractivity contribution is -0.385. The predicted molar refractivity (Wildman–Crippen MR) is 53.6 cm³/mol. The minimum Gasteiger partial charge on any atom is -0.481 e. The van der Waals surface area contributed by atoms with E-state index in [1.807, 2.05) is 0 Å². The number of carboxylic acids is 1. The van der Waals surface area contributed by atoms with E-state index in [1.165, 1.54) is 0 Å². The first-order valence-electron chi connectivity index (χ1n) is 4.39. The monoisotopic (exact) mass is 240 g/mol. The summed E-state index contributed by atoms with van der Waals surface area (Å²) in [5.74, 6) is -2.06. The molecule has 0 aliphatic rings. The van der Waals surface area contributed by atoms with Crippen molar-refractivity contribution < 1.29 is 24.4 Å². The number of nitro groups is 1. The molecule has 1 aromatic heterocycles. The number of carboxylic acid groups (broad SMARTS) is 1. The summed E-state index contributed by atoms with van der Waals surface area (Å²) >= 11 is 0. The van der Waals surface area contributed by atoms with Gasteiger partial charge in [0.2, 0.25) is 0 Å². The number of esters is 1. The number of pyridine rings is 1. The van der Waals surface area contributed by atoms with Crippen LogP contribution < -0.4 is 0 Å². The molecule has 0 saturated heterocycles. The zero-order valence-electron chi connectivity index (χ0n) is 8.74. The molecule has 0 atom stereocenters. The summed E-state index contributed by atoms with van der Waals surface area (Å²) < 4.78 is 4.36. The van der Waals surface area contributed by atoms with Gasteiger partial charge in [0.25, 0.3) is 5.69 Å². The summed E-state index contributed by atoms with van der Waals surface area (Å²) in [5.41, 5.74) is -0.776. The van der Waals surface area contributed by atoms with Gasteiger partial charge < -0.3 is 9.84 Å². The van der Waals surface area contributed by atoms with E-state index < -0.39 is 29.0 Å². The summed E-state index contributed by atoms with van der Waals surface area (Å²) in [4.78, 5) is 35.2. The molecule has 0 spiro atoms. The molecule has 0 radical (unpaired) electrons. The maximum absolute atomic E-state index is 11.2. The van der Waals surface area contributed by atoms with Crippen molar-refractivity contribution in [2.45, 2.75) is 6.42 Å². The zero-order chi connectivity index (χ0) is 13.0. The van der Waals surface area contributed by atoms with Crippen molar-refractivity contribution >= 4 is 17.6 Å². The van der Waals surface area contributed by atoms with Crippen molar-refractivity contribution in [3.05, 3.63) is 33.6 Å². The number of methoxy groups -OCH3 is 1. The highest BCUT2D eigenvalue weighted by Crippen LogP contribution is 2.15. The second-order valence-corrected chi connectivity index (χ2v) is 3.02. The van der Waals surface area contributed by atoms with Gasteiger partial charge >= 0.3 is 11.9 Å². The van der Waals surface area contributed by atoms with E-state index in [9.17, 15) is 19.7 Å². The average Bonchev–Trinajstić information content (AvgIpc) is 2.26. The molecule has 0 amide bonds. The smallest absolute Gasteiger partial charge is 0.356 e. The molecule has 0 saturated carbocycles. The van der Waals surface area contributed by atoms with Gasteiger partial charge in [0.15, 0.2) is 5.69 Å². The molecular weight excluding hydrogens is 232 g/mol. The van der Waals surface area contributed by atoms with E-state index >= 15 is 0 Å². The van der Waals surface area contributed by atoms with E-state index in [1.54, 1.807) is 0 Å². The topological polar surface area (TPSA) is 120 Å². The zero-order valence-corrected chi connectivity index (χ0v) is 8.74. The lowest BCUT2D eigenvalue weighted by Crippen LogP contribution is -2.10. The molecule has 0 aliphatic carbocycles. The van der Waals surface area contributed by atoms with Crippen LogP contribution in [0.3, 0.4) is 0 Å².